The number of benzene rings is 1. The van der Waals surface area contributed by atoms with Gasteiger partial charge in [-0.3, -0.25) is 9.48 Å². The van der Waals surface area contributed by atoms with Gasteiger partial charge in [-0.05, 0) is 43.4 Å². The zero-order valence-corrected chi connectivity index (χ0v) is 19.1. The number of nitrogens with zero attached hydrogens (tertiary/aromatic N) is 5. The maximum Gasteiger partial charge on any atom is 0.260 e. The molecule has 1 fully saturated rings. The van der Waals surface area contributed by atoms with E-state index in [2.05, 4.69) is 39.4 Å². The molecule has 31 heavy (non-hydrogen) atoms. The molecule has 3 aromatic rings. The number of hydrogen-bond donors (Lipinski definition) is 1. The third kappa shape index (κ3) is 4.90. The van der Waals surface area contributed by atoms with Crippen LogP contribution in [-0.2, 0) is 7.05 Å². The third-order valence-electron chi connectivity index (χ3n) is 5.81. The number of halogens is 1. The monoisotopic (exact) mass is 444 g/mol. The first kappa shape index (κ1) is 22.8. The van der Waals surface area contributed by atoms with E-state index in [1.165, 1.54) is 0 Å². The van der Waals surface area contributed by atoms with Crippen LogP contribution < -0.4 is 15.0 Å². The number of amides is 1. The lowest BCUT2D eigenvalue weighted by molar-refractivity contribution is 0.102. The summed E-state index contributed by atoms with van der Waals surface area (Å²) in [7, 11) is 1.85. The van der Waals surface area contributed by atoms with Gasteiger partial charge in [0.15, 0.2) is 11.6 Å². The molecule has 2 aromatic heterocycles. The smallest absolute Gasteiger partial charge is 0.260 e. The van der Waals surface area contributed by atoms with Crippen molar-refractivity contribution in [1.82, 2.24) is 20.0 Å². The Morgan fingerprint density at radius 3 is 2.71 bits per heavy atom. The van der Waals surface area contributed by atoms with E-state index in [0.717, 1.165) is 42.1 Å². The van der Waals surface area contributed by atoms with Gasteiger partial charge in [-0.15, -0.1) is 22.6 Å². The Balaban J connectivity index is 0.00000272. The molecule has 0 spiro atoms. The molecule has 0 bridgehead atoms. The number of carbonyl (C=O) groups is 1. The lowest BCUT2D eigenvalue weighted by Gasteiger charge is -2.35. The zero-order valence-electron chi connectivity index (χ0n) is 18.3. The van der Waals surface area contributed by atoms with Crippen LogP contribution in [-0.4, -0.2) is 45.6 Å². The Hall–Kier alpha value is -2.87. The molecular weight excluding hydrogens is 416 g/mol. The summed E-state index contributed by atoms with van der Waals surface area (Å²) in [4.78, 5) is 15.2. The van der Waals surface area contributed by atoms with Gasteiger partial charge in [0, 0.05) is 37.8 Å². The predicted molar refractivity (Wildman–Crippen MR) is 124 cm³/mol. The standard InChI is InChI=1S/C22H28N6O2.ClH/c1-5-30-19-11-18-16(13-27(4)26-18)10-17(19)22(29)23-20-6-7-21(25-24-20)28-9-8-14(2)15(3)12-28;/h6-7,10-11,13-15H,5,8-9,12H2,1-4H3,(H,23,24,29);1H. The minimum absolute atomic E-state index is 0. The van der Waals surface area contributed by atoms with Crippen molar-refractivity contribution in [3.8, 4) is 5.75 Å². The Morgan fingerprint density at radius 2 is 2.03 bits per heavy atom. The molecule has 1 aromatic carbocycles. The first-order valence-corrected chi connectivity index (χ1v) is 10.4. The van der Waals surface area contributed by atoms with Crippen LogP contribution >= 0.6 is 12.4 Å². The topological polar surface area (TPSA) is 85.2 Å². The SMILES string of the molecule is CCOc1cc2nn(C)cc2cc1C(=O)Nc1ccc(N2CCC(C)C(C)C2)nn1.Cl. The number of rotatable bonds is 5. The van der Waals surface area contributed by atoms with Crippen LogP contribution in [0.3, 0.4) is 0 Å². The van der Waals surface area contributed by atoms with Gasteiger partial charge >= 0.3 is 0 Å². The van der Waals surface area contributed by atoms with Gasteiger partial charge in [0.1, 0.15) is 5.75 Å². The molecule has 0 radical (unpaired) electrons. The molecule has 9 heteroatoms. The lowest BCUT2D eigenvalue weighted by Crippen LogP contribution is -2.39. The normalized spacial score (nSPS) is 18.5. The number of aryl methyl sites for hydroxylation is 1. The highest BCUT2D eigenvalue weighted by atomic mass is 35.5. The van der Waals surface area contributed by atoms with E-state index < -0.39 is 0 Å². The number of anilines is 2. The van der Waals surface area contributed by atoms with Crippen molar-refractivity contribution in [2.24, 2.45) is 18.9 Å². The molecule has 166 valence electrons. The van der Waals surface area contributed by atoms with Crippen molar-refractivity contribution >= 4 is 40.9 Å². The average molecular weight is 445 g/mol. The average Bonchev–Trinajstić information content (AvgIpc) is 3.09. The minimum Gasteiger partial charge on any atom is -0.493 e. The number of nitrogens with one attached hydrogen (secondary N) is 1. The van der Waals surface area contributed by atoms with Crippen LogP contribution in [0.4, 0.5) is 11.6 Å². The first-order chi connectivity index (χ1) is 14.4. The molecule has 1 N–H and O–H groups in total. The van der Waals surface area contributed by atoms with Crippen LogP contribution in [0.2, 0.25) is 0 Å². The van der Waals surface area contributed by atoms with E-state index in [4.69, 9.17) is 4.74 Å². The fraction of sp³-hybridized carbons (Fsp3) is 0.455. The van der Waals surface area contributed by atoms with E-state index in [9.17, 15) is 4.79 Å². The van der Waals surface area contributed by atoms with Gasteiger partial charge in [0.2, 0.25) is 0 Å². The molecular formula is C22H29ClN6O2. The minimum atomic E-state index is -0.285. The fourth-order valence-corrected chi connectivity index (χ4v) is 3.84. The van der Waals surface area contributed by atoms with Crippen molar-refractivity contribution in [2.75, 3.05) is 29.9 Å². The summed E-state index contributed by atoms with van der Waals surface area (Å²) in [6.07, 6.45) is 3.02. The number of ether oxygens (including phenoxy) is 1. The molecule has 1 amide bonds. The van der Waals surface area contributed by atoms with Gasteiger partial charge in [0.25, 0.3) is 5.91 Å². The lowest BCUT2D eigenvalue weighted by atomic mass is 9.89. The summed E-state index contributed by atoms with van der Waals surface area (Å²) >= 11 is 0. The summed E-state index contributed by atoms with van der Waals surface area (Å²) in [5, 5.41) is 16.7. The Kier molecular flexibility index (Phi) is 7.00. The highest BCUT2D eigenvalue weighted by Gasteiger charge is 2.24. The van der Waals surface area contributed by atoms with Gasteiger partial charge in [0.05, 0.1) is 17.7 Å². The van der Waals surface area contributed by atoms with E-state index >= 15 is 0 Å². The molecule has 8 nitrogen and oxygen atoms in total. The molecule has 2 atom stereocenters. The summed E-state index contributed by atoms with van der Waals surface area (Å²) in [5.41, 5.74) is 1.23. The summed E-state index contributed by atoms with van der Waals surface area (Å²) in [5.74, 6) is 2.83. The van der Waals surface area contributed by atoms with Crippen LogP contribution in [0.5, 0.6) is 5.75 Å². The molecule has 2 unspecified atom stereocenters. The Labute approximate surface area is 188 Å². The second-order valence-corrected chi connectivity index (χ2v) is 8.06. The highest BCUT2D eigenvalue weighted by Crippen LogP contribution is 2.27. The summed E-state index contributed by atoms with van der Waals surface area (Å²) < 4.78 is 7.39. The Morgan fingerprint density at radius 1 is 1.23 bits per heavy atom. The third-order valence-corrected chi connectivity index (χ3v) is 5.81. The molecule has 0 saturated carbocycles. The van der Waals surface area contributed by atoms with Crippen molar-refractivity contribution in [1.29, 1.82) is 0 Å². The number of carbonyl (C=O) groups excluding carboxylic acids is 1. The molecule has 3 heterocycles. The number of hydrogen-bond acceptors (Lipinski definition) is 6. The van der Waals surface area contributed by atoms with Crippen LogP contribution in [0.15, 0.2) is 30.5 Å². The van der Waals surface area contributed by atoms with E-state index in [0.29, 0.717) is 29.7 Å². The second-order valence-electron chi connectivity index (χ2n) is 8.06. The van der Waals surface area contributed by atoms with Crippen molar-refractivity contribution in [2.45, 2.75) is 27.2 Å². The van der Waals surface area contributed by atoms with Crippen molar-refractivity contribution < 1.29 is 9.53 Å². The number of aromatic nitrogens is 4. The molecule has 1 saturated heterocycles. The van der Waals surface area contributed by atoms with Crippen molar-refractivity contribution in [3.63, 3.8) is 0 Å². The number of piperidine rings is 1. The van der Waals surface area contributed by atoms with Gasteiger partial charge in [-0.1, -0.05) is 13.8 Å². The fourth-order valence-electron chi connectivity index (χ4n) is 3.84. The maximum absolute atomic E-state index is 12.9. The Bertz CT molecular complexity index is 1050. The summed E-state index contributed by atoms with van der Waals surface area (Å²) in [6.45, 7) is 8.87. The van der Waals surface area contributed by atoms with Crippen molar-refractivity contribution in [3.05, 3.63) is 36.0 Å². The molecule has 4 rings (SSSR count). The van der Waals surface area contributed by atoms with E-state index in [-0.39, 0.29) is 18.3 Å². The van der Waals surface area contributed by atoms with Crippen LogP contribution in [0.1, 0.15) is 37.6 Å². The second kappa shape index (κ2) is 9.51. The van der Waals surface area contributed by atoms with E-state index in [1.54, 1.807) is 22.9 Å². The molecule has 0 aliphatic carbocycles. The predicted octanol–water partition coefficient (Wildman–Crippen LogP) is 3.92. The number of fused-ring (bicyclic) bond motifs is 1. The summed E-state index contributed by atoms with van der Waals surface area (Å²) in [6, 6.07) is 7.30. The molecule has 1 aliphatic rings. The van der Waals surface area contributed by atoms with Crippen LogP contribution in [0.25, 0.3) is 10.9 Å². The quantitative estimate of drug-likeness (QED) is 0.642. The largest absolute Gasteiger partial charge is 0.493 e. The zero-order chi connectivity index (χ0) is 21.3. The van der Waals surface area contributed by atoms with Crippen LogP contribution in [0, 0.1) is 11.8 Å². The maximum atomic E-state index is 12.9. The van der Waals surface area contributed by atoms with Gasteiger partial charge in [-0.2, -0.15) is 5.10 Å². The first-order valence-electron chi connectivity index (χ1n) is 10.4. The van der Waals surface area contributed by atoms with Gasteiger partial charge < -0.3 is 15.0 Å². The van der Waals surface area contributed by atoms with E-state index in [1.807, 2.05) is 26.2 Å². The molecule has 1 aliphatic heterocycles. The van der Waals surface area contributed by atoms with Gasteiger partial charge in [-0.25, -0.2) is 0 Å². The highest BCUT2D eigenvalue weighted by molar-refractivity contribution is 6.08.